The fourth-order valence-electron chi connectivity index (χ4n) is 2.50. The molecule has 0 aromatic carbocycles. The van der Waals surface area contributed by atoms with Crippen LogP contribution in [-0.4, -0.2) is 11.9 Å². The first-order valence-corrected chi connectivity index (χ1v) is 6.08. The maximum Gasteiger partial charge on any atom is 0.223 e. The van der Waals surface area contributed by atoms with E-state index in [1.807, 2.05) is 0 Å². The Labute approximate surface area is 86.5 Å². The smallest absolute Gasteiger partial charge is 0.223 e. The molecule has 0 aromatic heterocycles. The third-order valence-corrected chi connectivity index (χ3v) is 3.92. The van der Waals surface area contributed by atoms with Crippen LogP contribution >= 0.6 is 0 Å². The highest BCUT2D eigenvalue weighted by atomic mass is 16.2. The van der Waals surface area contributed by atoms with Crippen molar-refractivity contribution >= 4 is 5.91 Å². The van der Waals surface area contributed by atoms with E-state index in [0.717, 1.165) is 12.8 Å². The summed E-state index contributed by atoms with van der Waals surface area (Å²) >= 11 is 0. The van der Waals surface area contributed by atoms with Crippen LogP contribution in [0.15, 0.2) is 0 Å². The molecule has 2 aliphatic carbocycles. The van der Waals surface area contributed by atoms with Crippen molar-refractivity contribution in [2.24, 2.45) is 11.8 Å². The van der Waals surface area contributed by atoms with E-state index >= 15 is 0 Å². The second-order valence-electron chi connectivity index (χ2n) is 5.00. The van der Waals surface area contributed by atoms with E-state index in [0.29, 0.717) is 23.8 Å². The quantitative estimate of drug-likeness (QED) is 0.720. The summed E-state index contributed by atoms with van der Waals surface area (Å²) in [5.74, 6) is 1.37. The van der Waals surface area contributed by atoms with Gasteiger partial charge in [0.25, 0.3) is 0 Å². The lowest BCUT2D eigenvalue weighted by Gasteiger charge is -2.32. The molecule has 0 spiro atoms. The van der Waals surface area contributed by atoms with Gasteiger partial charge >= 0.3 is 0 Å². The lowest BCUT2D eigenvalue weighted by Crippen LogP contribution is -2.45. The number of hydrogen-bond acceptors (Lipinski definition) is 1. The van der Waals surface area contributed by atoms with Crippen molar-refractivity contribution in [2.75, 3.05) is 0 Å². The first-order valence-electron chi connectivity index (χ1n) is 6.08. The summed E-state index contributed by atoms with van der Waals surface area (Å²) in [6.07, 6.45) is 8.60. The summed E-state index contributed by atoms with van der Waals surface area (Å²) in [4.78, 5) is 11.7. The van der Waals surface area contributed by atoms with Crippen LogP contribution in [0.4, 0.5) is 0 Å². The number of carbonyl (C=O) groups excluding carboxylic acids is 1. The van der Waals surface area contributed by atoms with Crippen LogP contribution in [0.25, 0.3) is 0 Å². The maximum atomic E-state index is 11.7. The fraction of sp³-hybridized carbons (Fsp3) is 0.917. The van der Waals surface area contributed by atoms with Crippen molar-refractivity contribution in [3.63, 3.8) is 0 Å². The van der Waals surface area contributed by atoms with E-state index in [4.69, 9.17) is 0 Å². The van der Waals surface area contributed by atoms with Crippen molar-refractivity contribution in [2.45, 2.75) is 57.9 Å². The van der Waals surface area contributed by atoms with Gasteiger partial charge in [-0.25, -0.2) is 0 Å². The molecule has 2 atom stereocenters. The minimum Gasteiger partial charge on any atom is -0.353 e. The normalized spacial score (nSPS) is 33.5. The predicted octanol–water partition coefficient (Wildman–Crippen LogP) is 2.48. The van der Waals surface area contributed by atoms with Gasteiger partial charge in [0.2, 0.25) is 5.91 Å². The van der Waals surface area contributed by atoms with Crippen molar-refractivity contribution in [1.29, 1.82) is 0 Å². The standard InChI is InChI=1S/C12H21NO/c1-9-5-2-3-8-11(9)13-12(14)10-6-4-7-10/h9-11H,2-8H2,1H3,(H,13,14). The second kappa shape index (κ2) is 4.33. The molecule has 2 rings (SSSR count). The minimum absolute atomic E-state index is 0.329. The zero-order valence-corrected chi connectivity index (χ0v) is 9.09. The molecule has 1 N–H and O–H groups in total. The number of rotatable bonds is 2. The van der Waals surface area contributed by atoms with Crippen LogP contribution in [0, 0.1) is 11.8 Å². The van der Waals surface area contributed by atoms with Crippen molar-refractivity contribution in [1.82, 2.24) is 5.32 Å². The fourth-order valence-corrected chi connectivity index (χ4v) is 2.50. The third kappa shape index (κ3) is 2.10. The lowest BCUT2D eigenvalue weighted by molar-refractivity contribution is -0.128. The van der Waals surface area contributed by atoms with Gasteiger partial charge in [-0.05, 0) is 31.6 Å². The van der Waals surface area contributed by atoms with Gasteiger partial charge in [-0.15, -0.1) is 0 Å². The van der Waals surface area contributed by atoms with Crippen molar-refractivity contribution < 1.29 is 4.79 Å². The molecule has 2 saturated carbocycles. The Bertz CT molecular complexity index is 210. The molecule has 0 aromatic rings. The van der Waals surface area contributed by atoms with Crippen LogP contribution < -0.4 is 5.32 Å². The lowest BCUT2D eigenvalue weighted by atomic mass is 9.82. The first kappa shape index (κ1) is 10.0. The van der Waals surface area contributed by atoms with Gasteiger partial charge in [-0.3, -0.25) is 4.79 Å². The molecule has 0 bridgehead atoms. The maximum absolute atomic E-state index is 11.7. The SMILES string of the molecule is CC1CCCCC1NC(=O)C1CCC1. The molecule has 2 unspecified atom stereocenters. The molecule has 0 aliphatic heterocycles. The zero-order valence-electron chi connectivity index (χ0n) is 9.09. The highest BCUT2D eigenvalue weighted by Crippen LogP contribution is 2.28. The Morgan fingerprint density at radius 3 is 2.36 bits per heavy atom. The minimum atomic E-state index is 0.329. The monoisotopic (exact) mass is 195 g/mol. The highest BCUT2D eigenvalue weighted by molar-refractivity contribution is 5.79. The molecule has 0 radical (unpaired) electrons. The van der Waals surface area contributed by atoms with Gasteiger partial charge in [0.15, 0.2) is 0 Å². The Morgan fingerprint density at radius 2 is 1.79 bits per heavy atom. The van der Waals surface area contributed by atoms with E-state index in [2.05, 4.69) is 12.2 Å². The van der Waals surface area contributed by atoms with E-state index in [-0.39, 0.29) is 0 Å². The molecule has 1 amide bonds. The van der Waals surface area contributed by atoms with Crippen LogP contribution in [0.2, 0.25) is 0 Å². The summed E-state index contributed by atoms with van der Waals surface area (Å²) in [6, 6.07) is 0.469. The van der Waals surface area contributed by atoms with Gasteiger partial charge in [-0.1, -0.05) is 26.2 Å². The van der Waals surface area contributed by atoms with E-state index in [1.54, 1.807) is 0 Å². The largest absolute Gasteiger partial charge is 0.353 e. The van der Waals surface area contributed by atoms with Gasteiger partial charge in [0.1, 0.15) is 0 Å². The van der Waals surface area contributed by atoms with Gasteiger partial charge in [0, 0.05) is 12.0 Å². The van der Waals surface area contributed by atoms with E-state index in [9.17, 15) is 4.79 Å². The predicted molar refractivity (Wildman–Crippen MR) is 56.9 cm³/mol. The number of nitrogens with one attached hydrogen (secondary N) is 1. The summed E-state index contributed by atoms with van der Waals surface area (Å²) in [5, 5.41) is 3.23. The molecular weight excluding hydrogens is 174 g/mol. The number of hydrogen-bond donors (Lipinski definition) is 1. The number of amides is 1. The molecular formula is C12H21NO. The summed E-state index contributed by atoms with van der Waals surface area (Å²) in [7, 11) is 0. The second-order valence-corrected chi connectivity index (χ2v) is 5.00. The van der Waals surface area contributed by atoms with Crippen molar-refractivity contribution in [3.8, 4) is 0 Å². The molecule has 2 fully saturated rings. The zero-order chi connectivity index (χ0) is 9.97. The van der Waals surface area contributed by atoms with Crippen LogP contribution in [0.5, 0.6) is 0 Å². The van der Waals surface area contributed by atoms with Gasteiger partial charge in [0.05, 0.1) is 0 Å². The summed E-state index contributed by atoms with van der Waals surface area (Å²) < 4.78 is 0. The molecule has 80 valence electrons. The van der Waals surface area contributed by atoms with Crippen LogP contribution in [0.3, 0.4) is 0 Å². The van der Waals surface area contributed by atoms with Crippen LogP contribution in [-0.2, 0) is 4.79 Å². The first-order chi connectivity index (χ1) is 6.77. The van der Waals surface area contributed by atoms with Gasteiger partial charge in [-0.2, -0.15) is 0 Å². The third-order valence-electron chi connectivity index (χ3n) is 3.92. The van der Waals surface area contributed by atoms with Crippen LogP contribution in [0.1, 0.15) is 51.9 Å². The molecule has 2 aliphatic rings. The Hall–Kier alpha value is -0.530. The Kier molecular flexibility index (Phi) is 3.09. The van der Waals surface area contributed by atoms with E-state index < -0.39 is 0 Å². The summed E-state index contributed by atoms with van der Waals surface area (Å²) in [6.45, 7) is 2.27. The number of carbonyl (C=O) groups is 1. The molecule has 14 heavy (non-hydrogen) atoms. The summed E-state index contributed by atoms with van der Waals surface area (Å²) in [5.41, 5.74) is 0. The molecule has 0 saturated heterocycles. The average Bonchev–Trinajstić information content (AvgIpc) is 2.05. The van der Waals surface area contributed by atoms with Gasteiger partial charge < -0.3 is 5.32 Å². The van der Waals surface area contributed by atoms with E-state index in [1.165, 1.54) is 32.1 Å². The molecule has 2 nitrogen and oxygen atoms in total. The topological polar surface area (TPSA) is 29.1 Å². The van der Waals surface area contributed by atoms with Crippen molar-refractivity contribution in [3.05, 3.63) is 0 Å². The average molecular weight is 195 g/mol. The molecule has 2 heteroatoms. The molecule has 0 heterocycles. The highest BCUT2D eigenvalue weighted by Gasteiger charge is 2.29. The Balaban J connectivity index is 1.79. The Morgan fingerprint density at radius 1 is 1.07 bits per heavy atom.